The molecule has 6 heteroatoms. The molecule has 3 aliphatic heterocycles. The van der Waals surface area contributed by atoms with Crippen LogP contribution in [-0.2, 0) is 23.4 Å². The Morgan fingerprint density at radius 2 is 1.70 bits per heavy atom. The van der Waals surface area contributed by atoms with Crippen LogP contribution in [-0.4, -0.2) is 49.4 Å². The molecule has 5 aliphatic rings. The maximum Gasteiger partial charge on any atom is 0.196 e. The molecule has 0 aromatic carbocycles. The zero-order chi connectivity index (χ0) is 22.0. The lowest BCUT2D eigenvalue weighted by molar-refractivity contribution is -0.355. The highest BCUT2D eigenvalue weighted by Gasteiger charge is 2.92. The molecule has 5 rings (SSSR count). The molecule has 5 fully saturated rings. The van der Waals surface area contributed by atoms with Gasteiger partial charge >= 0.3 is 0 Å². The summed E-state index contributed by atoms with van der Waals surface area (Å²) in [6.07, 6.45) is 2.03. The molecule has 170 valence electrons. The van der Waals surface area contributed by atoms with Crippen molar-refractivity contribution in [1.29, 1.82) is 0 Å². The monoisotopic (exact) mass is 436 g/mol. The average Bonchev–Trinajstić information content (AvgIpc) is 3.07. The zero-order valence-electron chi connectivity index (χ0n) is 20.1. The number of ketones is 1. The third-order valence-electron chi connectivity index (χ3n) is 10.1. The van der Waals surface area contributed by atoms with E-state index < -0.39 is 31.4 Å². The molecule has 0 amide bonds. The molecule has 30 heavy (non-hydrogen) atoms. The van der Waals surface area contributed by atoms with E-state index in [1.165, 1.54) is 0 Å². The van der Waals surface area contributed by atoms with Crippen molar-refractivity contribution in [1.82, 2.24) is 0 Å². The highest BCUT2D eigenvalue weighted by atomic mass is 28.4. The fourth-order valence-corrected chi connectivity index (χ4v) is 11.6. The summed E-state index contributed by atoms with van der Waals surface area (Å²) in [6.45, 7) is 17.6. The molecular formula is C24H40O5Si. The number of Topliss-reactive ketones (excluding diaryl/α,β-unsaturated/α-hetero) is 1. The van der Waals surface area contributed by atoms with Crippen LogP contribution in [0, 0.1) is 16.7 Å². The van der Waals surface area contributed by atoms with E-state index in [4.69, 9.17) is 18.6 Å². The van der Waals surface area contributed by atoms with Crippen LogP contribution in [0.1, 0.15) is 74.7 Å². The van der Waals surface area contributed by atoms with E-state index >= 15 is 0 Å². The lowest BCUT2D eigenvalue weighted by Crippen LogP contribution is -2.78. The van der Waals surface area contributed by atoms with Gasteiger partial charge in [0.15, 0.2) is 19.9 Å². The van der Waals surface area contributed by atoms with Gasteiger partial charge in [0.25, 0.3) is 0 Å². The summed E-state index contributed by atoms with van der Waals surface area (Å²) >= 11 is 0. The number of carbonyl (C=O) groups is 1. The topological polar surface area (TPSA) is 54.0 Å². The number of rotatable bonds is 5. The molecule has 3 saturated heterocycles. The van der Waals surface area contributed by atoms with Crippen molar-refractivity contribution in [2.45, 2.75) is 128 Å². The van der Waals surface area contributed by atoms with Crippen LogP contribution >= 0.6 is 0 Å². The minimum absolute atomic E-state index is 0.0123. The maximum atomic E-state index is 14.6. The predicted molar refractivity (Wildman–Crippen MR) is 117 cm³/mol. The van der Waals surface area contributed by atoms with Crippen molar-refractivity contribution >= 4 is 14.1 Å². The smallest absolute Gasteiger partial charge is 0.196 e. The van der Waals surface area contributed by atoms with E-state index in [-0.39, 0.29) is 34.7 Å². The Balaban J connectivity index is 1.73. The largest absolute Gasteiger partial charge is 0.404 e. The standard InChI is InChI=1S/C24H40O5Si/c1-9-30(10-2,11-3)28-18-17(25)24-20(5,6)13-12-16-21(24,7)19-22(18,8)26-15(4)14-23(19,27-16)29-24/h15-16,18-19H,9-14H2,1-8H3/t15?,16-,18-,19?,21+,22?,23-,24+/m0/s1. The minimum atomic E-state index is -2.04. The SMILES string of the molecule is CC[Si](CC)(CC)O[C@H]1C(=O)[C@]23O[C@@]45CC(C)OC1(C)C4[C@@]2(C)[C@H](CCC3(C)C)O5. The lowest BCUT2D eigenvalue weighted by Gasteiger charge is -2.64. The van der Waals surface area contributed by atoms with Crippen molar-refractivity contribution in [3.8, 4) is 0 Å². The predicted octanol–water partition coefficient (Wildman–Crippen LogP) is 4.83. The van der Waals surface area contributed by atoms with Gasteiger partial charge in [0.1, 0.15) is 17.3 Å². The van der Waals surface area contributed by atoms with Crippen molar-refractivity contribution in [2.75, 3.05) is 0 Å². The average molecular weight is 437 g/mol. The van der Waals surface area contributed by atoms with Gasteiger partial charge in [-0.2, -0.15) is 0 Å². The van der Waals surface area contributed by atoms with Gasteiger partial charge in [-0.3, -0.25) is 4.79 Å². The van der Waals surface area contributed by atoms with Crippen molar-refractivity contribution in [2.24, 2.45) is 16.7 Å². The molecule has 3 heterocycles. The molecule has 0 N–H and O–H groups in total. The Morgan fingerprint density at radius 3 is 2.30 bits per heavy atom. The van der Waals surface area contributed by atoms with Crippen LogP contribution < -0.4 is 0 Å². The summed E-state index contributed by atoms with van der Waals surface area (Å²) in [7, 11) is -2.04. The first-order valence-electron chi connectivity index (χ1n) is 12.2. The second kappa shape index (κ2) is 5.99. The van der Waals surface area contributed by atoms with Gasteiger partial charge in [0, 0.05) is 17.3 Å². The summed E-state index contributed by atoms with van der Waals surface area (Å²) < 4.78 is 27.5. The quantitative estimate of drug-likeness (QED) is 0.578. The Kier molecular flexibility index (Phi) is 4.31. The van der Waals surface area contributed by atoms with Gasteiger partial charge in [-0.1, -0.05) is 41.5 Å². The fraction of sp³-hybridized carbons (Fsp3) is 0.958. The van der Waals surface area contributed by atoms with Crippen LogP contribution in [0.15, 0.2) is 0 Å². The second-order valence-corrected chi connectivity index (χ2v) is 16.5. The summed E-state index contributed by atoms with van der Waals surface area (Å²) in [6, 6.07) is 3.04. The molecule has 0 aromatic rings. The van der Waals surface area contributed by atoms with Crippen molar-refractivity contribution in [3.05, 3.63) is 0 Å². The summed E-state index contributed by atoms with van der Waals surface area (Å²) in [4.78, 5) is 14.6. The Bertz CT molecular complexity index is 771. The van der Waals surface area contributed by atoms with Crippen molar-refractivity contribution < 1.29 is 23.4 Å². The summed E-state index contributed by atoms with van der Waals surface area (Å²) in [5.74, 6) is -0.588. The first-order valence-corrected chi connectivity index (χ1v) is 14.7. The molecule has 0 spiro atoms. The van der Waals surface area contributed by atoms with Crippen molar-refractivity contribution in [3.63, 3.8) is 0 Å². The number of hydrogen-bond acceptors (Lipinski definition) is 5. The van der Waals surface area contributed by atoms with E-state index in [9.17, 15) is 4.79 Å². The molecule has 0 aromatic heterocycles. The van der Waals surface area contributed by atoms with Gasteiger partial charge in [-0.25, -0.2) is 0 Å². The third kappa shape index (κ3) is 2.03. The fourth-order valence-electron chi connectivity index (χ4n) is 8.76. The molecule has 3 unspecified atom stereocenters. The minimum Gasteiger partial charge on any atom is -0.404 e. The van der Waals surface area contributed by atoms with Crippen LogP contribution in [0.25, 0.3) is 0 Å². The van der Waals surface area contributed by atoms with E-state index in [2.05, 4.69) is 55.4 Å². The van der Waals surface area contributed by atoms with E-state index in [0.29, 0.717) is 6.42 Å². The van der Waals surface area contributed by atoms with Gasteiger partial charge in [0.05, 0.1) is 18.1 Å². The molecule has 0 radical (unpaired) electrons. The van der Waals surface area contributed by atoms with E-state index in [0.717, 1.165) is 31.0 Å². The summed E-state index contributed by atoms with van der Waals surface area (Å²) in [5, 5.41) is 0. The number of ether oxygens (including phenoxy) is 3. The van der Waals surface area contributed by atoms with Gasteiger partial charge in [0.2, 0.25) is 0 Å². The molecule has 4 bridgehead atoms. The Labute approximate surface area is 182 Å². The first kappa shape index (κ1) is 21.6. The van der Waals surface area contributed by atoms with Gasteiger partial charge < -0.3 is 18.6 Å². The van der Waals surface area contributed by atoms with Crippen LogP contribution in [0.4, 0.5) is 0 Å². The zero-order valence-corrected chi connectivity index (χ0v) is 21.1. The molecule has 5 nitrogen and oxygen atoms in total. The molecule has 2 aliphatic carbocycles. The molecule has 2 saturated carbocycles. The first-order chi connectivity index (χ1) is 13.9. The van der Waals surface area contributed by atoms with Gasteiger partial charge in [-0.05, 0) is 44.8 Å². The third-order valence-corrected chi connectivity index (χ3v) is 14.7. The normalized spacial score (nSPS) is 53.3. The Morgan fingerprint density at radius 1 is 1.07 bits per heavy atom. The van der Waals surface area contributed by atoms with Crippen LogP contribution in [0.2, 0.25) is 18.1 Å². The van der Waals surface area contributed by atoms with E-state index in [1.807, 2.05) is 0 Å². The van der Waals surface area contributed by atoms with Crippen LogP contribution in [0.5, 0.6) is 0 Å². The van der Waals surface area contributed by atoms with Crippen LogP contribution in [0.3, 0.4) is 0 Å². The summed E-state index contributed by atoms with van der Waals surface area (Å²) in [5.41, 5.74) is -2.22. The highest BCUT2D eigenvalue weighted by molar-refractivity contribution is 6.73. The van der Waals surface area contributed by atoms with Gasteiger partial charge in [-0.15, -0.1) is 0 Å². The number of hydrogen-bond donors (Lipinski definition) is 0. The Hall–Kier alpha value is -0.273. The number of carbonyl (C=O) groups excluding carboxylic acids is 1. The molecule has 8 atom stereocenters. The molecular weight excluding hydrogens is 396 g/mol. The maximum absolute atomic E-state index is 14.6. The van der Waals surface area contributed by atoms with E-state index in [1.54, 1.807) is 0 Å². The lowest BCUT2D eigenvalue weighted by atomic mass is 9.42. The highest BCUT2D eigenvalue weighted by Crippen LogP contribution is 2.79. The second-order valence-electron chi connectivity index (χ2n) is 11.8.